The van der Waals surface area contributed by atoms with Crippen LogP contribution in [0.25, 0.3) is 0 Å². The molecule has 0 aromatic heterocycles. The molecule has 0 amide bonds. The Balaban J connectivity index is 2.07. The van der Waals surface area contributed by atoms with Gasteiger partial charge in [-0.15, -0.1) is 0 Å². The molecule has 0 bridgehead atoms. The predicted molar refractivity (Wildman–Crippen MR) is 76.3 cm³/mol. The van der Waals surface area contributed by atoms with Crippen LogP contribution in [-0.4, -0.2) is 59.1 Å². The standard InChI is InChI=1S/C15H28N2O2/c1-12-9-10-16(2)11-14(7-8-15(18)19)17(12)13-5-3-4-6-13/h12-14H,3-11H2,1-2H3,(H,18,19). The van der Waals surface area contributed by atoms with Crippen molar-refractivity contribution in [2.45, 2.75) is 70.0 Å². The number of likely N-dealkylation sites (N-methyl/N-ethyl adjacent to an activating group) is 1. The fraction of sp³-hybridized carbons (Fsp3) is 0.933. The summed E-state index contributed by atoms with van der Waals surface area (Å²) >= 11 is 0. The zero-order chi connectivity index (χ0) is 13.8. The Kier molecular flexibility index (Phi) is 5.22. The summed E-state index contributed by atoms with van der Waals surface area (Å²) in [6, 6.07) is 1.70. The van der Waals surface area contributed by atoms with Crippen LogP contribution in [0.4, 0.5) is 0 Å². The molecule has 0 radical (unpaired) electrons. The number of hydrogen-bond acceptors (Lipinski definition) is 3. The molecule has 2 rings (SSSR count). The first-order valence-electron chi connectivity index (χ1n) is 7.75. The number of nitrogens with zero attached hydrogens (tertiary/aromatic N) is 2. The summed E-state index contributed by atoms with van der Waals surface area (Å²) in [5.41, 5.74) is 0. The molecule has 0 spiro atoms. The fourth-order valence-electron chi connectivity index (χ4n) is 3.85. The molecule has 2 fully saturated rings. The lowest BCUT2D eigenvalue weighted by Gasteiger charge is -2.39. The van der Waals surface area contributed by atoms with Crippen LogP contribution in [0.5, 0.6) is 0 Å². The van der Waals surface area contributed by atoms with Crippen molar-refractivity contribution in [1.82, 2.24) is 9.80 Å². The van der Waals surface area contributed by atoms with E-state index in [0.717, 1.165) is 19.5 Å². The van der Waals surface area contributed by atoms with Gasteiger partial charge in [-0.2, -0.15) is 0 Å². The highest BCUT2D eigenvalue weighted by molar-refractivity contribution is 5.66. The van der Waals surface area contributed by atoms with Gasteiger partial charge in [0, 0.05) is 31.1 Å². The van der Waals surface area contributed by atoms with Gasteiger partial charge in [0.1, 0.15) is 0 Å². The average Bonchev–Trinajstić information content (AvgIpc) is 2.82. The maximum atomic E-state index is 10.9. The summed E-state index contributed by atoms with van der Waals surface area (Å²) < 4.78 is 0. The summed E-state index contributed by atoms with van der Waals surface area (Å²) in [6.45, 7) is 4.48. The Labute approximate surface area is 116 Å². The molecule has 1 aliphatic heterocycles. The lowest BCUT2D eigenvalue weighted by molar-refractivity contribution is -0.137. The molecule has 4 heteroatoms. The molecule has 0 aromatic rings. The first kappa shape index (κ1) is 14.8. The SMILES string of the molecule is CC1CCN(C)CC(CCC(=O)O)N1C1CCCC1. The normalized spacial score (nSPS) is 31.5. The van der Waals surface area contributed by atoms with Gasteiger partial charge in [0.15, 0.2) is 0 Å². The van der Waals surface area contributed by atoms with Crippen LogP contribution >= 0.6 is 0 Å². The number of hydrogen-bond donors (Lipinski definition) is 1. The first-order chi connectivity index (χ1) is 9.08. The highest BCUT2D eigenvalue weighted by Crippen LogP contribution is 2.30. The number of rotatable bonds is 4. The highest BCUT2D eigenvalue weighted by atomic mass is 16.4. The van der Waals surface area contributed by atoms with E-state index in [-0.39, 0.29) is 0 Å². The molecule has 0 aromatic carbocycles. The van der Waals surface area contributed by atoms with Crippen LogP contribution in [0.1, 0.15) is 51.9 Å². The van der Waals surface area contributed by atoms with Crippen LogP contribution in [0.15, 0.2) is 0 Å². The largest absolute Gasteiger partial charge is 0.481 e. The van der Waals surface area contributed by atoms with E-state index in [0.29, 0.717) is 24.5 Å². The van der Waals surface area contributed by atoms with Gasteiger partial charge in [0.2, 0.25) is 0 Å². The summed E-state index contributed by atoms with van der Waals surface area (Å²) in [4.78, 5) is 15.9. The van der Waals surface area contributed by atoms with Crippen LogP contribution in [0.2, 0.25) is 0 Å². The molecule has 2 unspecified atom stereocenters. The Morgan fingerprint density at radius 3 is 2.58 bits per heavy atom. The third-order valence-electron chi connectivity index (χ3n) is 4.82. The van der Waals surface area contributed by atoms with Crippen molar-refractivity contribution in [2.24, 2.45) is 0 Å². The lowest BCUT2D eigenvalue weighted by atomic mass is 10.0. The van der Waals surface area contributed by atoms with Gasteiger partial charge in [-0.25, -0.2) is 0 Å². The number of aliphatic carboxylic acids is 1. The van der Waals surface area contributed by atoms with E-state index in [1.807, 2.05) is 0 Å². The first-order valence-corrected chi connectivity index (χ1v) is 7.75. The van der Waals surface area contributed by atoms with Crippen LogP contribution in [-0.2, 0) is 4.79 Å². The maximum Gasteiger partial charge on any atom is 0.303 e. The van der Waals surface area contributed by atoms with Crippen LogP contribution < -0.4 is 0 Å². The quantitative estimate of drug-likeness (QED) is 0.849. The monoisotopic (exact) mass is 268 g/mol. The van der Waals surface area contributed by atoms with E-state index in [1.165, 1.54) is 32.1 Å². The summed E-state index contributed by atoms with van der Waals surface area (Å²) in [5.74, 6) is -0.661. The van der Waals surface area contributed by atoms with E-state index >= 15 is 0 Å². The zero-order valence-corrected chi connectivity index (χ0v) is 12.3. The summed E-state index contributed by atoms with van der Waals surface area (Å²) in [5, 5.41) is 8.97. The van der Waals surface area contributed by atoms with E-state index in [2.05, 4.69) is 23.8 Å². The maximum absolute atomic E-state index is 10.9. The molecule has 1 heterocycles. The van der Waals surface area contributed by atoms with E-state index < -0.39 is 5.97 Å². The Morgan fingerprint density at radius 1 is 1.26 bits per heavy atom. The molecule has 2 aliphatic rings. The Hall–Kier alpha value is -0.610. The van der Waals surface area contributed by atoms with Crippen molar-refractivity contribution in [3.63, 3.8) is 0 Å². The molecule has 19 heavy (non-hydrogen) atoms. The lowest BCUT2D eigenvalue weighted by Crippen LogP contribution is -2.49. The summed E-state index contributed by atoms with van der Waals surface area (Å²) in [7, 11) is 2.17. The van der Waals surface area contributed by atoms with Crippen molar-refractivity contribution >= 4 is 5.97 Å². The van der Waals surface area contributed by atoms with Gasteiger partial charge >= 0.3 is 5.97 Å². The molecule has 1 saturated heterocycles. The van der Waals surface area contributed by atoms with Crippen molar-refractivity contribution in [3.8, 4) is 0 Å². The van der Waals surface area contributed by atoms with Gasteiger partial charge in [-0.3, -0.25) is 9.69 Å². The van der Waals surface area contributed by atoms with Crippen LogP contribution in [0, 0.1) is 0 Å². The Morgan fingerprint density at radius 2 is 1.95 bits per heavy atom. The zero-order valence-electron chi connectivity index (χ0n) is 12.3. The van der Waals surface area contributed by atoms with Crippen molar-refractivity contribution < 1.29 is 9.90 Å². The average molecular weight is 268 g/mol. The number of carbonyl (C=O) groups is 1. The molecule has 110 valence electrons. The smallest absolute Gasteiger partial charge is 0.303 e. The second-order valence-electron chi connectivity index (χ2n) is 6.37. The van der Waals surface area contributed by atoms with Gasteiger partial charge in [-0.1, -0.05) is 12.8 Å². The van der Waals surface area contributed by atoms with E-state index in [9.17, 15) is 4.79 Å². The molecule has 2 atom stereocenters. The number of carboxylic acids is 1. The molecular weight excluding hydrogens is 240 g/mol. The molecule has 1 N–H and O–H groups in total. The highest BCUT2D eigenvalue weighted by Gasteiger charge is 2.34. The van der Waals surface area contributed by atoms with Gasteiger partial charge in [0.05, 0.1) is 0 Å². The molecule has 4 nitrogen and oxygen atoms in total. The summed E-state index contributed by atoms with van der Waals surface area (Å²) in [6.07, 6.45) is 7.59. The minimum atomic E-state index is -0.661. The minimum absolute atomic E-state index is 0.300. The number of carboxylic acid groups (broad SMARTS) is 1. The van der Waals surface area contributed by atoms with Gasteiger partial charge in [0.25, 0.3) is 0 Å². The van der Waals surface area contributed by atoms with Gasteiger partial charge < -0.3 is 10.0 Å². The van der Waals surface area contributed by atoms with Crippen molar-refractivity contribution in [3.05, 3.63) is 0 Å². The minimum Gasteiger partial charge on any atom is -0.481 e. The van der Waals surface area contributed by atoms with E-state index in [1.54, 1.807) is 0 Å². The third kappa shape index (κ3) is 3.93. The molecule has 1 aliphatic carbocycles. The predicted octanol–water partition coefficient (Wildman–Crippen LogP) is 2.19. The van der Waals surface area contributed by atoms with E-state index in [4.69, 9.17) is 5.11 Å². The fourth-order valence-corrected chi connectivity index (χ4v) is 3.85. The van der Waals surface area contributed by atoms with Crippen molar-refractivity contribution in [1.29, 1.82) is 0 Å². The molecular formula is C15H28N2O2. The second-order valence-corrected chi connectivity index (χ2v) is 6.37. The third-order valence-corrected chi connectivity index (χ3v) is 4.82. The van der Waals surface area contributed by atoms with Crippen LogP contribution in [0.3, 0.4) is 0 Å². The van der Waals surface area contributed by atoms with Crippen molar-refractivity contribution in [2.75, 3.05) is 20.1 Å². The Bertz CT molecular complexity index is 303. The van der Waals surface area contributed by atoms with Gasteiger partial charge in [-0.05, 0) is 46.2 Å². The second kappa shape index (κ2) is 6.71. The topological polar surface area (TPSA) is 43.8 Å². The molecule has 1 saturated carbocycles.